The number of aliphatic hydroxyl groups is 12. The average Bonchev–Trinajstić information content (AvgIpc) is 3.15. The van der Waals surface area contributed by atoms with Crippen molar-refractivity contribution in [3.8, 4) is 0 Å². The van der Waals surface area contributed by atoms with E-state index < -0.39 is 143 Å². The van der Waals surface area contributed by atoms with Crippen LogP contribution >= 0.6 is 0 Å². The predicted octanol–water partition coefficient (Wildman–Crippen LogP) is -7.10. The third kappa shape index (κ3) is 10.8. The Morgan fingerprint density at radius 1 is 0.604 bits per heavy atom. The molecule has 1 amide bonds. The first-order chi connectivity index (χ1) is 25.1. The standard InChI is InChI=1S/C32H52N2O19/c33-15-6-4-14(5-7-15)2-1-3-19(38)34-32(11-48-29-26(45)23(42)20(39)16(8-35)51-29,12-49-30-27(46)24(43)21(40)17(9-36)52-30)13-50-31-28(47)25(44)22(41)18(10-37)53-31/h4-7,16-18,20-31,35-37,39-47H,1-3,8-13,33H2,(H,34,38)/t16-,17-,18-,20+,21+,22+,23+,24+,25+,26-,27-,28-,29-,30-,31-/m1/s1. The highest BCUT2D eigenvalue weighted by Crippen LogP contribution is 2.28. The van der Waals surface area contributed by atoms with Crippen LogP contribution in [0.2, 0.25) is 0 Å². The van der Waals surface area contributed by atoms with Crippen molar-refractivity contribution in [2.24, 2.45) is 0 Å². The minimum Gasteiger partial charge on any atom is -0.399 e. The van der Waals surface area contributed by atoms with Gasteiger partial charge in [0.2, 0.25) is 5.91 Å². The maximum atomic E-state index is 13.6. The Kier molecular flexibility index (Phi) is 16.1. The van der Waals surface area contributed by atoms with Gasteiger partial charge in [-0.25, -0.2) is 0 Å². The van der Waals surface area contributed by atoms with Crippen LogP contribution in [0.3, 0.4) is 0 Å². The lowest BCUT2D eigenvalue weighted by molar-refractivity contribution is -0.324. The molecule has 1 aromatic carbocycles. The van der Waals surface area contributed by atoms with E-state index in [1.165, 1.54) is 0 Å². The number of hydrogen-bond acceptors (Lipinski definition) is 20. The van der Waals surface area contributed by atoms with Crippen LogP contribution in [0.15, 0.2) is 24.3 Å². The van der Waals surface area contributed by atoms with Crippen molar-refractivity contribution in [3.63, 3.8) is 0 Å². The van der Waals surface area contributed by atoms with Gasteiger partial charge in [-0.1, -0.05) is 12.1 Å². The van der Waals surface area contributed by atoms with Gasteiger partial charge in [0, 0.05) is 12.1 Å². The van der Waals surface area contributed by atoms with E-state index in [2.05, 4.69) is 5.32 Å². The zero-order valence-corrected chi connectivity index (χ0v) is 28.6. The monoisotopic (exact) mass is 768 g/mol. The molecule has 0 aliphatic carbocycles. The highest BCUT2D eigenvalue weighted by atomic mass is 16.7. The quantitative estimate of drug-likeness (QED) is 0.0655. The third-order valence-corrected chi connectivity index (χ3v) is 9.37. The van der Waals surface area contributed by atoms with E-state index >= 15 is 0 Å². The molecule has 15 atom stereocenters. The normalized spacial score (nSPS) is 38.1. The fourth-order valence-electron chi connectivity index (χ4n) is 6.07. The van der Waals surface area contributed by atoms with Crippen molar-refractivity contribution < 1.29 is 94.5 Å². The van der Waals surface area contributed by atoms with Crippen molar-refractivity contribution >= 4 is 11.6 Å². The van der Waals surface area contributed by atoms with Crippen LogP contribution in [0, 0.1) is 0 Å². The van der Waals surface area contributed by atoms with E-state index in [1.54, 1.807) is 24.3 Å². The Balaban J connectivity index is 1.62. The largest absolute Gasteiger partial charge is 0.399 e. The minimum absolute atomic E-state index is 0.119. The summed E-state index contributed by atoms with van der Waals surface area (Å²) in [6.07, 6.45) is -25.2. The summed E-state index contributed by atoms with van der Waals surface area (Å²) in [6, 6.07) is 6.97. The van der Waals surface area contributed by atoms with Crippen LogP contribution in [0.5, 0.6) is 0 Å². The Bertz CT molecular complexity index is 1160. The SMILES string of the molecule is Nc1ccc(CCCC(=O)NC(CO[C@@H]2O[C@H](CO)[C@H](O)[C@H](O)[C@H]2O)(CO[C@@H]2O[C@H](CO)[C@H](O)[C@H](O)[C@H]2O)CO[C@@H]2O[C@H](CO)[C@H](O)[C@H](O)[C@H]2O)cc1. The van der Waals surface area contributed by atoms with E-state index in [1.807, 2.05) is 0 Å². The Hall–Kier alpha value is -2.23. The molecule has 0 spiro atoms. The third-order valence-electron chi connectivity index (χ3n) is 9.37. The Labute approximate surface area is 303 Å². The summed E-state index contributed by atoms with van der Waals surface area (Å²) in [7, 11) is 0. The highest BCUT2D eigenvalue weighted by Gasteiger charge is 2.49. The molecule has 3 heterocycles. The van der Waals surface area contributed by atoms with Gasteiger partial charge in [0.1, 0.15) is 78.8 Å². The van der Waals surface area contributed by atoms with Gasteiger partial charge in [0.25, 0.3) is 0 Å². The summed E-state index contributed by atoms with van der Waals surface area (Å²) in [5.41, 5.74) is 5.20. The van der Waals surface area contributed by atoms with Crippen LogP contribution in [0.1, 0.15) is 18.4 Å². The molecular formula is C32H52N2O19. The van der Waals surface area contributed by atoms with E-state index in [4.69, 9.17) is 34.2 Å². The van der Waals surface area contributed by atoms with Gasteiger partial charge >= 0.3 is 0 Å². The number of hydrogen-bond donors (Lipinski definition) is 14. The van der Waals surface area contributed by atoms with Gasteiger partial charge in [-0.3, -0.25) is 4.79 Å². The van der Waals surface area contributed by atoms with Gasteiger partial charge in [0.05, 0.1) is 39.6 Å². The summed E-state index contributed by atoms with van der Waals surface area (Å²) in [5, 5.41) is 125. The van der Waals surface area contributed by atoms with Gasteiger partial charge in [-0.05, 0) is 30.5 Å². The molecule has 21 nitrogen and oxygen atoms in total. The number of benzene rings is 1. The molecule has 4 rings (SSSR count). The molecule has 3 saturated heterocycles. The topological polar surface area (TPSA) is 353 Å². The molecule has 0 saturated carbocycles. The zero-order chi connectivity index (χ0) is 39.0. The average molecular weight is 769 g/mol. The molecule has 0 bridgehead atoms. The van der Waals surface area contributed by atoms with Crippen molar-refractivity contribution in [2.45, 2.75) is 117 Å². The molecule has 15 N–H and O–H groups in total. The van der Waals surface area contributed by atoms with Gasteiger partial charge in [-0.2, -0.15) is 0 Å². The lowest BCUT2D eigenvalue weighted by atomic mass is 9.97. The number of aryl methyl sites for hydroxylation is 1. The van der Waals surface area contributed by atoms with Crippen LogP contribution in [0.4, 0.5) is 5.69 Å². The zero-order valence-electron chi connectivity index (χ0n) is 28.6. The smallest absolute Gasteiger partial charge is 0.220 e. The van der Waals surface area contributed by atoms with E-state index in [0.717, 1.165) is 5.56 Å². The van der Waals surface area contributed by atoms with Gasteiger partial charge in [0.15, 0.2) is 18.9 Å². The van der Waals surface area contributed by atoms with Crippen molar-refractivity contribution in [2.75, 3.05) is 45.4 Å². The van der Waals surface area contributed by atoms with E-state index in [9.17, 15) is 66.1 Å². The Morgan fingerprint density at radius 3 is 1.30 bits per heavy atom. The van der Waals surface area contributed by atoms with E-state index in [-0.39, 0.29) is 6.42 Å². The molecule has 3 aliphatic rings. The summed E-state index contributed by atoms with van der Waals surface area (Å²) >= 11 is 0. The molecule has 3 aliphatic heterocycles. The van der Waals surface area contributed by atoms with Crippen LogP contribution < -0.4 is 11.1 Å². The summed E-state index contributed by atoms with van der Waals surface area (Å²) < 4.78 is 33.7. The molecule has 304 valence electrons. The molecule has 1 aromatic rings. The fraction of sp³-hybridized carbons (Fsp3) is 0.781. The number of amides is 1. The molecule has 0 unspecified atom stereocenters. The second kappa shape index (κ2) is 19.6. The number of aliphatic hydroxyl groups excluding tert-OH is 12. The second-order valence-electron chi connectivity index (χ2n) is 13.4. The predicted molar refractivity (Wildman–Crippen MR) is 174 cm³/mol. The Morgan fingerprint density at radius 2 is 0.962 bits per heavy atom. The van der Waals surface area contributed by atoms with Gasteiger partial charge < -0.3 is 101 Å². The summed E-state index contributed by atoms with van der Waals surface area (Å²) in [5.74, 6) is -0.646. The van der Waals surface area contributed by atoms with Crippen LogP contribution in [0.25, 0.3) is 0 Å². The number of nitrogens with one attached hydrogen (secondary N) is 1. The van der Waals surface area contributed by atoms with E-state index in [0.29, 0.717) is 18.5 Å². The number of rotatable bonds is 17. The maximum Gasteiger partial charge on any atom is 0.220 e. The number of ether oxygens (including phenoxy) is 6. The molecule has 53 heavy (non-hydrogen) atoms. The molecule has 0 radical (unpaired) electrons. The van der Waals surface area contributed by atoms with Crippen molar-refractivity contribution in [3.05, 3.63) is 29.8 Å². The summed E-state index contributed by atoms with van der Waals surface area (Å²) in [4.78, 5) is 13.6. The fourth-order valence-corrected chi connectivity index (χ4v) is 6.07. The summed E-state index contributed by atoms with van der Waals surface area (Å²) in [6.45, 7) is -4.64. The van der Waals surface area contributed by atoms with Crippen LogP contribution in [-0.2, 0) is 39.6 Å². The maximum absolute atomic E-state index is 13.6. The van der Waals surface area contributed by atoms with Gasteiger partial charge in [-0.15, -0.1) is 0 Å². The molecule has 0 aromatic heterocycles. The number of carbonyl (C=O) groups excluding carboxylic acids is 1. The molecular weight excluding hydrogens is 716 g/mol. The first-order valence-corrected chi connectivity index (χ1v) is 17.1. The number of anilines is 1. The minimum atomic E-state index is -1.98. The highest BCUT2D eigenvalue weighted by molar-refractivity contribution is 5.76. The van der Waals surface area contributed by atoms with Crippen molar-refractivity contribution in [1.82, 2.24) is 5.32 Å². The lowest BCUT2D eigenvalue weighted by Gasteiger charge is -2.44. The molecule has 21 heteroatoms. The number of nitrogen functional groups attached to an aromatic ring is 1. The first kappa shape index (κ1) is 43.5. The second-order valence-corrected chi connectivity index (χ2v) is 13.4. The number of carbonyl (C=O) groups is 1. The van der Waals surface area contributed by atoms with Crippen LogP contribution in [-0.4, -0.2) is 204 Å². The molecule has 3 fully saturated rings. The van der Waals surface area contributed by atoms with Crippen molar-refractivity contribution in [1.29, 1.82) is 0 Å². The first-order valence-electron chi connectivity index (χ1n) is 17.1. The lowest BCUT2D eigenvalue weighted by Crippen LogP contribution is -2.65. The number of nitrogens with two attached hydrogens (primary N) is 1.